The van der Waals surface area contributed by atoms with Crippen molar-refractivity contribution in [2.24, 2.45) is 0 Å². The van der Waals surface area contributed by atoms with Crippen LogP contribution in [0, 0.1) is 5.82 Å². The number of ether oxygens (including phenoxy) is 2. The van der Waals surface area contributed by atoms with Crippen LogP contribution in [0.4, 0.5) is 4.39 Å². The first kappa shape index (κ1) is 16.8. The van der Waals surface area contributed by atoms with Crippen molar-refractivity contribution >= 4 is 5.91 Å². The zero-order chi connectivity index (χ0) is 17.2. The van der Waals surface area contributed by atoms with E-state index in [0.717, 1.165) is 55.9 Å². The molecule has 4 rings (SSSR count). The molecule has 0 atom stereocenters. The van der Waals surface area contributed by atoms with Gasteiger partial charge in [-0.15, -0.1) is 0 Å². The van der Waals surface area contributed by atoms with E-state index in [1.807, 2.05) is 0 Å². The number of hydrogen-bond acceptors (Lipinski definition) is 5. The van der Waals surface area contributed by atoms with Gasteiger partial charge >= 0.3 is 0 Å². The zero-order valence-corrected chi connectivity index (χ0v) is 14.3. The summed E-state index contributed by atoms with van der Waals surface area (Å²) in [6.45, 7) is 5.15. The number of rotatable bonds is 5. The lowest BCUT2D eigenvalue weighted by molar-refractivity contribution is -0.122. The number of piperazine rings is 1. The van der Waals surface area contributed by atoms with Gasteiger partial charge in [-0.05, 0) is 25.0 Å². The second-order valence-electron chi connectivity index (χ2n) is 7.06. The summed E-state index contributed by atoms with van der Waals surface area (Å²) in [5.74, 6) is 0.640. The minimum Gasteiger partial charge on any atom is -0.467 e. The molecular formula is C18H24FN3O3. The van der Waals surface area contributed by atoms with Gasteiger partial charge in [-0.25, -0.2) is 4.39 Å². The van der Waals surface area contributed by atoms with Crippen LogP contribution in [0.3, 0.4) is 0 Å². The number of carbonyl (C=O) groups is 1. The summed E-state index contributed by atoms with van der Waals surface area (Å²) in [4.78, 5) is 16.4. The Bertz CT molecular complexity index is 643. The van der Waals surface area contributed by atoms with E-state index < -0.39 is 0 Å². The smallest absolute Gasteiger partial charge is 0.234 e. The fraction of sp³-hybridized carbons (Fsp3) is 0.611. The van der Waals surface area contributed by atoms with Crippen LogP contribution in [0.2, 0.25) is 0 Å². The molecule has 1 saturated heterocycles. The van der Waals surface area contributed by atoms with Crippen LogP contribution < -0.4 is 10.1 Å². The molecule has 1 N–H and O–H groups in total. The summed E-state index contributed by atoms with van der Waals surface area (Å²) in [5, 5.41) is 3.03. The molecule has 6 nitrogen and oxygen atoms in total. The third-order valence-electron chi connectivity index (χ3n) is 4.92. The standard InChI is InChI=1S/C18H24FN3O3/c19-15-7-13(18-14(8-15)11-24-12-25-18)9-21-3-5-22(6-4-21)10-17(23)20-16-1-2-16/h7-8,16H,1-6,9-12H2,(H,20,23). The number of fused-ring (bicyclic) bond motifs is 1. The van der Waals surface area contributed by atoms with Crippen LogP contribution in [-0.2, 0) is 22.7 Å². The minimum atomic E-state index is -0.252. The predicted molar refractivity (Wildman–Crippen MR) is 89.6 cm³/mol. The molecule has 2 fully saturated rings. The van der Waals surface area contributed by atoms with E-state index >= 15 is 0 Å². The Hall–Kier alpha value is -1.70. The van der Waals surface area contributed by atoms with Crippen molar-refractivity contribution in [2.75, 3.05) is 39.5 Å². The summed E-state index contributed by atoms with van der Waals surface area (Å²) < 4.78 is 24.7. The topological polar surface area (TPSA) is 54.0 Å². The van der Waals surface area contributed by atoms with Crippen molar-refractivity contribution in [1.82, 2.24) is 15.1 Å². The normalized spacial score (nSPS) is 21.5. The van der Waals surface area contributed by atoms with Crippen LogP contribution in [0.15, 0.2) is 12.1 Å². The van der Waals surface area contributed by atoms with Crippen molar-refractivity contribution in [3.05, 3.63) is 29.1 Å². The largest absolute Gasteiger partial charge is 0.467 e. The van der Waals surface area contributed by atoms with E-state index in [0.29, 0.717) is 25.7 Å². The molecule has 3 aliphatic rings. The molecule has 1 aromatic rings. The van der Waals surface area contributed by atoms with Crippen LogP contribution in [0.25, 0.3) is 0 Å². The molecule has 7 heteroatoms. The maximum atomic E-state index is 13.8. The van der Waals surface area contributed by atoms with Crippen LogP contribution in [0.5, 0.6) is 5.75 Å². The average molecular weight is 349 g/mol. The summed E-state index contributed by atoms with van der Waals surface area (Å²) in [5.41, 5.74) is 1.65. The molecule has 1 saturated carbocycles. The van der Waals surface area contributed by atoms with Crippen molar-refractivity contribution in [1.29, 1.82) is 0 Å². The predicted octanol–water partition coefficient (Wildman–Crippen LogP) is 1.09. The molecule has 136 valence electrons. The molecule has 0 unspecified atom stereocenters. The van der Waals surface area contributed by atoms with Gasteiger partial charge in [0, 0.05) is 49.9 Å². The number of amides is 1. The Balaban J connectivity index is 1.31. The molecule has 1 amide bonds. The van der Waals surface area contributed by atoms with E-state index in [4.69, 9.17) is 9.47 Å². The maximum Gasteiger partial charge on any atom is 0.234 e. The van der Waals surface area contributed by atoms with Crippen molar-refractivity contribution in [3.63, 3.8) is 0 Å². The van der Waals surface area contributed by atoms with Gasteiger partial charge in [0.25, 0.3) is 0 Å². The first-order chi connectivity index (χ1) is 12.2. The highest BCUT2D eigenvalue weighted by atomic mass is 19.1. The highest BCUT2D eigenvalue weighted by Crippen LogP contribution is 2.30. The van der Waals surface area contributed by atoms with Crippen LogP contribution in [0.1, 0.15) is 24.0 Å². The Morgan fingerprint density at radius 2 is 1.96 bits per heavy atom. The average Bonchev–Trinajstić information content (AvgIpc) is 3.40. The number of nitrogens with one attached hydrogen (secondary N) is 1. The number of nitrogens with zero attached hydrogens (tertiary/aromatic N) is 2. The first-order valence-corrected chi connectivity index (χ1v) is 8.93. The zero-order valence-electron chi connectivity index (χ0n) is 14.3. The Kier molecular flexibility index (Phi) is 4.87. The molecule has 0 aromatic heterocycles. The van der Waals surface area contributed by atoms with Gasteiger partial charge in [-0.1, -0.05) is 0 Å². The number of hydrogen-bond donors (Lipinski definition) is 1. The maximum absolute atomic E-state index is 13.8. The van der Waals surface area contributed by atoms with Gasteiger partial charge in [0.1, 0.15) is 11.6 Å². The van der Waals surface area contributed by atoms with Gasteiger partial charge in [-0.2, -0.15) is 0 Å². The summed E-state index contributed by atoms with van der Waals surface area (Å²) in [6, 6.07) is 3.45. The SMILES string of the molecule is O=C(CN1CCN(Cc2cc(F)cc3c2OCOC3)CC1)NC1CC1. The van der Waals surface area contributed by atoms with Gasteiger partial charge in [0.2, 0.25) is 5.91 Å². The van der Waals surface area contributed by atoms with E-state index in [2.05, 4.69) is 15.1 Å². The highest BCUT2D eigenvalue weighted by Gasteiger charge is 2.26. The summed E-state index contributed by atoms with van der Waals surface area (Å²) in [6.07, 6.45) is 2.23. The fourth-order valence-electron chi connectivity index (χ4n) is 3.42. The van der Waals surface area contributed by atoms with E-state index in [1.165, 1.54) is 6.07 Å². The van der Waals surface area contributed by atoms with Crippen LogP contribution in [-0.4, -0.2) is 61.3 Å². The van der Waals surface area contributed by atoms with Crippen molar-refractivity contribution in [3.8, 4) is 5.75 Å². The second-order valence-corrected chi connectivity index (χ2v) is 7.06. The monoisotopic (exact) mass is 349 g/mol. The quantitative estimate of drug-likeness (QED) is 0.862. The molecule has 0 spiro atoms. The molecule has 25 heavy (non-hydrogen) atoms. The Morgan fingerprint density at radius 1 is 1.20 bits per heavy atom. The number of benzene rings is 1. The molecule has 1 aromatic carbocycles. The molecular weight excluding hydrogens is 325 g/mol. The van der Waals surface area contributed by atoms with E-state index in [9.17, 15) is 9.18 Å². The van der Waals surface area contributed by atoms with Crippen molar-refractivity contribution in [2.45, 2.75) is 32.0 Å². The van der Waals surface area contributed by atoms with Gasteiger partial charge in [0.15, 0.2) is 6.79 Å². The lowest BCUT2D eigenvalue weighted by Gasteiger charge is -2.34. The second kappa shape index (κ2) is 7.27. The number of halogens is 1. The fourth-order valence-corrected chi connectivity index (χ4v) is 3.42. The molecule has 0 radical (unpaired) electrons. The molecule has 1 aliphatic carbocycles. The highest BCUT2D eigenvalue weighted by molar-refractivity contribution is 5.78. The Labute approximate surface area is 146 Å². The molecule has 2 aliphatic heterocycles. The summed E-state index contributed by atoms with van der Waals surface area (Å²) in [7, 11) is 0. The summed E-state index contributed by atoms with van der Waals surface area (Å²) >= 11 is 0. The van der Waals surface area contributed by atoms with Gasteiger partial charge in [0.05, 0.1) is 13.2 Å². The minimum absolute atomic E-state index is 0.128. The molecule has 0 bridgehead atoms. The van der Waals surface area contributed by atoms with Crippen molar-refractivity contribution < 1.29 is 18.7 Å². The van der Waals surface area contributed by atoms with Gasteiger partial charge in [-0.3, -0.25) is 14.6 Å². The van der Waals surface area contributed by atoms with Gasteiger partial charge < -0.3 is 14.8 Å². The van der Waals surface area contributed by atoms with E-state index in [-0.39, 0.29) is 18.5 Å². The third kappa shape index (κ3) is 4.29. The first-order valence-electron chi connectivity index (χ1n) is 8.93. The van der Waals surface area contributed by atoms with Crippen LogP contribution >= 0.6 is 0 Å². The molecule has 2 heterocycles. The number of carbonyl (C=O) groups excluding carboxylic acids is 1. The third-order valence-corrected chi connectivity index (χ3v) is 4.92. The lowest BCUT2D eigenvalue weighted by atomic mass is 10.1. The lowest BCUT2D eigenvalue weighted by Crippen LogP contribution is -2.49. The van der Waals surface area contributed by atoms with E-state index in [1.54, 1.807) is 6.07 Å². The Morgan fingerprint density at radius 3 is 2.72 bits per heavy atom.